The van der Waals surface area contributed by atoms with Crippen LogP contribution in [0.25, 0.3) is 0 Å². The number of hydrogen-bond acceptors (Lipinski definition) is 4. The molecule has 1 fully saturated rings. The first-order valence-corrected chi connectivity index (χ1v) is 9.13. The SMILES string of the molecule is CCNc1ncccc1S(=O)(=O)NC1CCC(C)C(C)C1. The summed E-state index contributed by atoms with van der Waals surface area (Å²) >= 11 is 0. The second-order valence-corrected chi connectivity index (χ2v) is 7.65. The Labute approximate surface area is 127 Å². The third-order valence-electron chi connectivity index (χ3n) is 4.32. The molecule has 1 aliphatic rings. The molecule has 0 radical (unpaired) electrons. The third kappa shape index (κ3) is 3.95. The number of nitrogens with zero attached hydrogens (tertiary/aromatic N) is 1. The first-order valence-electron chi connectivity index (χ1n) is 7.65. The van der Waals surface area contributed by atoms with Crippen molar-refractivity contribution in [1.82, 2.24) is 9.71 Å². The maximum atomic E-state index is 12.6. The van der Waals surface area contributed by atoms with Crippen LogP contribution in [-0.4, -0.2) is 26.0 Å². The van der Waals surface area contributed by atoms with Crippen LogP contribution in [0, 0.1) is 11.8 Å². The van der Waals surface area contributed by atoms with Crippen molar-refractivity contribution in [2.45, 2.75) is 51.0 Å². The largest absolute Gasteiger partial charge is 0.369 e. The van der Waals surface area contributed by atoms with Crippen LogP contribution in [-0.2, 0) is 10.0 Å². The van der Waals surface area contributed by atoms with E-state index in [9.17, 15) is 8.42 Å². The predicted octanol–water partition coefficient (Wildman–Crippen LogP) is 2.62. The maximum Gasteiger partial charge on any atom is 0.244 e. The number of nitrogens with one attached hydrogen (secondary N) is 2. The van der Waals surface area contributed by atoms with Crippen molar-refractivity contribution in [3.05, 3.63) is 18.3 Å². The highest BCUT2D eigenvalue weighted by Crippen LogP contribution is 2.30. The van der Waals surface area contributed by atoms with Gasteiger partial charge in [0.05, 0.1) is 0 Å². The molecular formula is C15H25N3O2S. The van der Waals surface area contributed by atoms with E-state index in [0.29, 0.717) is 24.2 Å². The van der Waals surface area contributed by atoms with Crippen LogP contribution >= 0.6 is 0 Å². The van der Waals surface area contributed by atoms with Crippen LogP contribution in [0.2, 0.25) is 0 Å². The van der Waals surface area contributed by atoms with Gasteiger partial charge in [0.1, 0.15) is 10.7 Å². The quantitative estimate of drug-likeness (QED) is 0.877. The van der Waals surface area contributed by atoms with Crippen molar-refractivity contribution in [3.8, 4) is 0 Å². The summed E-state index contributed by atoms with van der Waals surface area (Å²) in [7, 11) is -3.53. The Hall–Kier alpha value is -1.14. The van der Waals surface area contributed by atoms with E-state index in [1.807, 2.05) is 6.92 Å². The molecule has 1 aromatic rings. The van der Waals surface area contributed by atoms with E-state index in [2.05, 4.69) is 28.9 Å². The Morgan fingerprint density at radius 1 is 1.29 bits per heavy atom. The van der Waals surface area contributed by atoms with E-state index in [0.717, 1.165) is 19.3 Å². The lowest BCUT2D eigenvalue weighted by molar-refractivity contribution is 0.242. The molecule has 0 spiro atoms. The monoisotopic (exact) mass is 311 g/mol. The number of pyridine rings is 1. The van der Waals surface area contributed by atoms with E-state index in [-0.39, 0.29) is 10.9 Å². The van der Waals surface area contributed by atoms with Gasteiger partial charge in [-0.15, -0.1) is 0 Å². The average molecular weight is 311 g/mol. The molecule has 21 heavy (non-hydrogen) atoms. The fourth-order valence-corrected chi connectivity index (χ4v) is 4.26. The Bertz CT molecular complexity index is 574. The molecule has 1 aromatic heterocycles. The number of rotatable bonds is 5. The molecule has 6 heteroatoms. The van der Waals surface area contributed by atoms with Gasteiger partial charge in [-0.05, 0) is 50.2 Å². The molecule has 3 unspecified atom stereocenters. The second kappa shape index (κ2) is 6.75. The minimum atomic E-state index is -3.53. The van der Waals surface area contributed by atoms with Gasteiger partial charge in [0.15, 0.2) is 0 Å². The average Bonchev–Trinajstić information content (AvgIpc) is 2.43. The molecule has 3 atom stereocenters. The van der Waals surface area contributed by atoms with E-state index in [1.165, 1.54) is 0 Å². The Morgan fingerprint density at radius 3 is 2.71 bits per heavy atom. The lowest BCUT2D eigenvalue weighted by atomic mass is 9.79. The molecule has 2 N–H and O–H groups in total. The zero-order valence-corrected chi connectivity index (χ0v) is 13.8. The summed E-state index contributed by atoms with van der Waals surface area (Å²) < 4.78 is 28.0. The van der Waals surface area contributed by atoms with Crippen molar-refractivity contribution in [2.24, 2.45) is 11.8 Å². The van der Waals surface area contributed by atoms with Crippen LogP contribution in [0.5, 0.6) is 0 Å². The molecule has 1 heterocycles. The van der Waals surface area contributed by atoms with E-state index < -0.39 is 10.0 Å². The van der Waals surface area contributed by atoms with Crippen LogP contribution in [0.4, 0.5) is 5.82 Å². The van der Waals surface area contributed by atoms with Crippen molar-refractivity contribution < 1.29 is 8.42 Å². The first-order chi connectivity index (χ1) is 9.94. The normalized spacial score (nSPS) is 26.5. The summed E-state index contributed by atoms with van der Waals surface area (Å²) in [4.78, 5) is 4.36. The lowest BCUT2D eigenvalue weighted by Crippen LogP contribution is -2.40. The summed E-state index contributed by atoms with van der Waals surface area (Å²) in [6.45, 7) is 6.99. The van der Waals surface area contributed by atoms with Gasteiger partial charge in [0, 0.05) is 18.8 Å². The van der Waals surface area contributed by atoms with Crippen molar-refractivity contribution in [2.75, 3.05) is 11.9 Å². The molecular weight excluding hydrogens is 286 g/mol. The summed E-state index contributed by atoms with van der Waals surface area (Å²) in [6.07, 6.45) is 4.47. The zero-order chi connectivity index (χ0) is 15.5. The standard InChI is InChI=1S/C15H25N3O2S/c1-4-16-15-14(6-5-9-17-15)21(19,20)18-13-8-7-11(2)12(3)10-13/h5-6,9,11-13,18H,4,7-8,10H2,1-3H3,(H,16,17). The Kier molecular flexibility index (Phi) is 5.22. The number of sulfonamides is 1. The molecule has 0 bridgehead atoms. The number of hydrogen-bond donors (Lipinski definition) is 2. The van der Waals surface area contributed by atoms with Gasteiger partial charge in [-0.3, -0.25) is 0 Å². The highest BCUT2D eigenvalue weighted by atomic mass is 32.2. The van der Waals surface area contributed by atoms with Crippen LogP contribution < -0.4 is 10.0 Å². The molecule has 5 nitrogen and oxygen atoms in total. The molecule has 0 amide bonds. The summed E-state index contributed by atoms with van der Waals surface area (Å²) in [5.41, 5.74) is 0. The third-order valence-corrected chi connectivity index (χ3v) is 5.88. The fraction of sp³-hybridized carbons (Fsp3) is 0.667. The topological polar surface area (TPSA) is 71.1 Å². The predicted molar refractivity (Wildman–Crippen MR) is 84.7 cm³/mol. The molecule has 118 valence electrons. The van der Waals surface area contributed by atoms with Gasteiger partial charge in [-0.2, -0.15) is 0 Å². The highest BCUT2D eigenvalue weighted by Gasteiger charge is 2.29. The minimum absolute atomic E-state index is 0.0240. The lowest BCUT2D eigenvalue weighted by Gasteiger charge is -2.32. The highest BCUT2D eigenvalue weighted by molar-refractivity contribution is 7.89. The molecule has 1 aliphatic carbocycles. The van der Waals surface area contributed by atoms with Gasteiger partial charge >= 0.3 is 0 Å². The van der Waals surface area contributed by atoms with Crippen molar-refractivity contribution in [1.29, 1.82) is 0 Å². The molecule has 0 saturated heterocycles. The van der Waals surface area contributed by atoms with Crippen molar-refractivity contribution >= 4 is 15.8 Å². The summed E-state index contributed by atoms with van der Waals surface area (Å²) in [6, 6.07) is 3.28. The maximum absolute atomic E-state index is 12.6. The molecule has 0 aliphatic heterocycles. The van der Waals surface area contributed by atoms with Crippen LogP contribution in [0.15, 0.2) is 23.2 Å². The van der Waals surface area contributed by atoms with Gasteiger partial charge in [0.25, 0.3) is 0 Å². The number of aromatic nitrogens is 1. The van der Waals surface area contributed by atoms with Crippen LogP contribution in [0.1, 0.15) is 40.0 Å². The smallest absolute Gasteiger partial charge is 0.244 e. The van der Waals surface area contributed by atoms with Gasteiger partial charge in [-0.1, -0.05) is 13.8 Å². The van der Waals surface area contributed by atoms with Gasteiger partial charge in [0.2, 0.25) is 10.0 Å². The summed E-state index contributed by atoms with van der Waals surface area (Å²) in [5.74, 6) is 1.64. The fourth-order valence-electron chi connectivity index (χ4n) is 2.85. The van der Waals surface area contributed by atoms with Crippen LogP contribution in [0.3, 0.4) is 0 Å². The summed E-state index contributed by atoms with van der Waals surface area (Å²) in [5, 5.41) is 3.01. The van der Waals surface area contributed by atoms with Gasteiger partial charge in [-0.25, -0.2) is 18.1 Å². The van der Waals surface area contributed by atoms with Crippen molar-refractivity contribution in [3.63, 3.8) is 0 Å². The Morgan fingerprint density at radius 2 is 2.05 bits per heavy atom. The zero-order valence-electron chi connectivity index (χ0n) is 13.0. The molecule has 2 rings (SSSR count). The van der Waals surface area contributed by atoms with E-state index >= 15 is 0 Å². The first kappa shape index (κ1) is 16.2. The molecule has 1 saturated carbocycles. The molecule has 0 aromatic carbocycles. The minimum Gasteiger partial charge on any atom is -0.369 e. The number of anilines is 1. The second-order valence-electron chi connectivity index (χ2n) is 5.97. The van der Waals surface area contributed by atoms with Gasteiger partial charge < -0.3 is 5.32 Å². The van der Waals surface area contributed by atoms with E-state index in [1.54, 1.807) is 18.3 Å². The Balaban J connectivity index is 2.15. The van der Waals surface area contributed by atoms with E-state index in [4.69, 9.17) is 0 Å².